The first-order chi connectivity index (χ1) is 15.6. The van der Waals surface area contributed by atoms with Crippen molar-refractivity contribution in [3.8, 4) is 11.5 Å². The summed E-state index contributed by atoms with van der Waals surface area (Å²) >= 11 is 1.00. The Kier molecular flexibility index (Phi) is 7.40. The lowest BCUT2D eigenvalue weighted by Crippen LogP contribution is -2.38. The maximum Gasteiger partial charge on any atom is 0.272 e. The van der Waals surface area contributed by atoms with Gasteiger partial charge in [-0.15, -0.1) is 11.3 Å². The summed E-state index contributed by atoms with van der Waals surface area (Å²) in [7, 11) is -0.779. The van der Waals surface area contributed by atoms with Crippen LogP contribution in [0.2, 0.25) is 0 Å². The number of carbonyl (C=O) groups is 3. The lowest BCUT2D eigenvalue weighted by atomic mass is 10.1. The Morgan fingerprint density at radius 3 is 2.52 bits per heavy atom. The number of nitrogens with one attached hydrogen (secondary N) is 1. The van der Waals surface area contributed by atoms with Gasteiger partial charge in [0.2, 0.25) is 5.91 Å². The minimum Gasteiger partial charge on any atom is -0.493 e. The predicted octanol–water partition coefficient (Wildman–Crippen LogP) is 2.12. The number of hydrogen-bond donors (Lipinski definition) is 1. The molecule has 1 unspecified atom stereocenters. The van der Waals surface area contributed by atoms with Crippen molar-refractivity contribution in [3.05, 3.63) is 39.6 Å². The molecular weight excluding hydrogens is 472 g/mol. The van der Waals surface area contributed by atoms with Gasteiger partial charge in [-0.3, -0.25) is 19.3 Å². The molecule has 3 amide bonds. The molecule has 1 aliphatic rings. The average Bonchev–Trinajstić information content (AvgIpc) is 3.26. The van der Waals surface area contributed by atoms with E-state index in [9.17, 15) is 22.8 Å². The molecule has 33 heavy (non-hydrogen) atoms. The highest BCUT2D eigenvalue weighted by Crippen LogP contribution is 2.41. The lowest BCUT2D eigenvalue weighted by Gasteiger charge is -2.27. The average molecular weight is 497 g/mol. The number of hydrogen-bond acceptors (Lipinski definition) is 9. The zero-order valence-electron chi connectivity index (χ0n) is 18.5. The number of thiophene rings is 1. The van der Waals surface area contributed by atoms with Crippen LogP contribution in [-0.4, -0.2) is 70.5 Å². The van der Waals surface area contributed by atoms with Gasteiger partial charge < -0.3 is 19.5 Å². The highest BCUT2D eigenvalue weighted by atomic mass is 32.2. The number of imide groups is 1. The number of benzene rings is 1. The van der Waals surface area contributed by atoms with Crippen molar-refractivity contribution in [2.75, 3.05) is 44.8 Å². The second-order valence-electron chi connectivity index (χ2n) is 7.27. The van der Waals surface area contributed by atoms with Crippen molar-refractivity contribution in [3.63, 3.8) is 0 Å². The van der Waals surface area contributed by atoms with Crippen molar-refractivity contribution >= 4 is 44.6 Å². The van der Waals surface area contributed by atoms with Gasteiger partial charge in [0.15, 0.2) is 11.5 Å². The van der Waals surface area contributed by atoms with Crippen molar-refractivity contribution < 1.29 is 37.0 Å². The molecule has 178 valence electrons. The molecule has 0 radical (unpaired) electrons. The van der Waals surface area contributed by atoms with Gasteiger partial charge in [-0.05, 0) is 24.6 Å². The first-order valence-corrected chi connectivity index (χ1v) is 12.8. The lowest BCUT2D eigenvalue weighted by molar-refractivity contribution is -0.119. The molecule has 1 aliphatic heterocycles. The fourth-order valence-corrected chi connectivity index (χ4v) is 5.36. The van der Waals surface area contributed by atoms with Crippen LogP contribution in [0.5, 0.6) is 11.5 Å². The topological polar surface area (TPSA) is 128 Å². The molecule has 2 heterocycles. The van der Waals surface area contributed by atoms with Crippen LogP contribution < -0.4 is 14.8 Å². The number of fused-ring (bicyclic) bond motifs is 1. The van der Waals surface area contributed by atoms with Crippen LogP contribution in [0.25, 0.3) is 0 Å². The maximum absolute atomic E-state index is 13.3. The summed E-state index contributed by atoms with van der Waals surface area (Å²) in [5.74, 6) is -1.50. The van der Waals surface area contributed by atoms with Crippen LogP contribution >= 0.6 is 11.3 Å². The number of sulfone groups is 1. The standard InChI is InChI=1S/C21H24N2O8S2/c1-5-31-16-8-12(6-7-15(16)30-3)14(11-33(4,27)28)23-20(25)18-13(22-17(24)9-29-2)10-32-19(18)21(23)26/h6-8,10,14H,5,9,11H2,1-4H3,(H,22,24). The number of carbonyl (C=O) groups excluding carboxylic acids is 3. The van der Waals surface area contributed by atoms with E-state index in [1.807, 2.05) is 0 Å². The minimum atomic E-state index is -3.60. The molecule has 1 atom stereocenters. The maximum atomic E-state index is 13.3. The Balaban J connectivity index is 2.04. The molecule has 10 nitrogen and oxygen atoms in total. The van der Waals surface area contributed by atoms with E-state index in [0.717, 1.165) is 22.5 Å². The zero-order chi connectivity index (χ0) is 24.3. The van der Waals surface area contributed by atoms with Gasteiger partial charge in [0, 0.05) is 18.7 Å². The van der Waals surface area contributed by atoms with Crippen molar-refractivity contribution in [1.29, 1.82) is 0 Å². The van der Waals surface area contributed by atoms with E-state index in [4.69, 9.17) is 14.2 Å². The third-order valence-electron chi connectivity index (χ3n) is 4.83. The van der Waals surface area contributed by atoms with Crippen LogP contribution in [0.15, 0.2) is 23.6 Å². The molecule has 1 aromatic heterocycles. The highest BCUT2D eigenvalue weighted by molar-refractivity contribution is 7.90. The van der Waals surface area contributed by atoms with Gasteiger partial charge in [0.1, 0.15) is 21.3 Å². The van der Waals surface area contributed by atoms with Gasteiger partial charge in [0.25, 0.3) is 11.8 Å². The molecular formula is C21H24N2O8S2. The second kappa shape index (κ2) is 9.89. The third-order valence-corrected chi connectivity index (χ3v) is 6.72. The molecule has 2 aromatic rings. The van der Waals surface area contributed by atoms with Gasteiger partial charge >= 0.3 is 0 Å². The SMILES string of the molecule is CCOc1cc(C(CS(C)(=O)=O)N2C(=O)c3scc(NC(=O)COC)c3C2=O)ccc1OC. The first kappa shape index (κ1) is 24.7. The fraction of sp³-hybridized carbons (Fsp3) is 0.381. The Bertz CT molecular complexity index is 1190. The Labute approximate surface area is 195 Å². The summed E-state index contributed by atoms with van der Waals surface area (Å²) in [6, 6.07) is 3.64. The minimum absolute atomic E-state index is 0.0338. The summed E-state index contributed by atoms with van der Waals surface area (Å²) < 4.78 is 40.1. The Hall–Kier alpha value is -2.96. The van der Waals surface area contributed by atoms with E-state index in [0.29, 0.717) is 23.7 Å². The summed E-state index contributed by atoms with van der Waals surface area (Å²) in [5, 5.41) is 4.05. The largest absolute Gasteiger partial charge is 0.493 e. The van der Waals surface area contributed by atoms with Crippen LogP contribution in [0, 0.1) is 0 Å². The summed E-state index contributed by atoms with van der Waals surface area (Å²) in [4.78, 5) is 39.5. The van der Waals surface area contributed by atoms with Crippen molar-refractivity contribution in [2.45, 2.75) is 13.0 Å². The van der Waals surface area contributed by atoms with Gasteiger partial charge in [-0.2, -0.15) is 0 Å². The van der Waals surface area contributed by atoms with E-state index in [2.05, 4.69) is 5.32 Å². The van der Waals surface area contributed by atoms with Gasteiger partial charge in [-0.1, -0.05) is 6.07 Å². The summed E-state index contributed by atoms with van der Waals surface area (Å²) in [6.07, 6.45) is 1.03. The van der Waals surface area contributed by atoms with Gasteiger partial charge in [-0.25, -0.2) is 8.42 Å². The van der Waals surface area contributed by atoms with Crippen LogP contribution in [0.3, 0.4) is 0 Å². The number of methoxy groups -OCH3 is 2. The number of nitrogens with zero attached hydrogens (tertiary/aromatic N) is 1. The molecule has 0 fully saturated rings. The molecule has 1 N–H and O–H groups in total. The van der Waals surface area contributed by atoms with E-state index >= 15 is 0 Å². The summed E-state index contributed by atoms with van der Waals surface area (Å²) in [6.45, 7) is 1.89. The zero-order valence-corrected chi connectivity index (χ0v) is 20.2. The van der Waals surface area contributed by atoms with Gasteiger partial charge in [0.05, 0.1) is 36.8 Å². The Morgan fingerprint density at radius 1 is 1.18 bits per heavy atom. The second-order valence-corrected chi connectivity index (χ2v) is 10.3. The summed E-state index contributed by atoms with van der Waals surface area (Å²) in [5.41, 5.74) is 0.610. The fourth-order valence-electron chi connectivity index (χ4n) is 3.52. The van der Waals surface area contributed by atoms with Crippen molar-refractivity contribution in [1.82, 2.24) is 4.90 Å². The molecule has 0 bridgehead atoms. The van der Waals surface area contributed by atoms with E-state index in [1.54, 1.807) is 25.1 Å². The predicted molar refractivity (Wildman–Crippen MR) is 122 cm³/mol. The molecule has 1 aromatic carbocycles. The van der Waals surface area contributed by atoms with Crippen LogP contribution in [0.1, 0.15) is 38.6 Å². The molecule has 0 spiro atoms. The quantitative estimate of drug-likeness (QED) is 0.496. The van der Waals surface area contributed by atoms with Crippen LogP contribution in [-0.2, 0) is 19.4 Å². The molecule has 12 heteroatoms. The van der Waals surface area contributed by atoms with Crippen molar-refractivity contribution in [2.24, 2.45) is 0 Å². The van der Waals surface area contributed by atoms with E-state index < -0.39 is 39.4 Å². The number of rotatable bonds is 10. The van der Waals surface area contributed by atoms with E-state index in [1.165, 1.54) is 19.6 Å². The first-order valence-electron chi connectivity index (χ1n) is 9.87. The molecule has 0 aliphatic carbocycles. The smallest absolute Gasteiger partial charge is 0.272 e. The van der Waals surface area contributed by atoms with Crippen LogP contribution in [0.4, 0.5) is 5.69 Å². The normalized spacial score (nSPS) is 14.2. The number of ether oxygens (including phenoxy) is 3. The molecule has 0 saturated heterocycles. The highest BCUT2D eigenvalue weighted by Gasteiger charge is 2.45. The monoisotopic (exact) mass is 496 g/mol. The molecule has 0 saturated carbocycles. The number of amides is 3. The number of anilines is 1. The third kappa shape index (κ3) is 5.18. The van der Waals surface area contributed by atoms with E-state index in [-0.39, 0.29) is 22.7 Å². The Morgan fingerprint density at radius 2 is 1.91 bits per heavy atom. The molecule has 3 rings (SSSR count).